The van der Waals surface area contributed by atoms with Gasteiger partial charge in [-0.3, -0.25) is 19.8 Å². The third-order valence-electron chi connectivity index (χ3n) is 9.42. The van der Waals surface area contributed by atoms with E-state index in [9.17, 15) is 10.2 Å². The zero-order valence-electron chi connectivity index (χ0n) is 35.4. The fraction of sp³-hybridized carbons (Fsp3) is 0.500. The molecule has 0 aliphatic rings. The summed E-state index contributed by atoms with van der Waals surface area (Å²) < 4.78 is 0. The minimum Gasteiger partial charge on any atom is -0.872 e. The van der Waals surface area contributed by atoms with Gasteiger partial charge in [0.15, 0.2) is 0 Å². The van der Waals surface area contributed by atoms with Crippen LogP contribution in [0.15, 0.2) is 73.1 Å². The van der Waals surface area contributed by atoms with Crippen LogP contribution in [0.1, 0.15) is 135 Å². The van der Waals surface area contributed by atoms with E-state index >= 15 is 0 Å². The fourth-order valence-corrected chi connectivity index (χ4v) is 6.23. The van der Waals surface area contributed by atoms with Crippen LogP contribution in [0.3, 0.4) is 0 Å². The van der Waals surface area contributed by atoms with Crippen molar-refractivity contribution in [1.29, 1.82) is 5.26 Å². The van der Waals surface area contributed by atoms with Crippen LogP contribution < -0.4 is 10.2 Å². The maximum absolute atomic E-state index is 14.1. The first-order valence-electron chi connectivity index (χ1n) is 18.8. The van der Waals surface area contributed by atoms with Crippen LogP contribution in [0.2, 0.25) is 0 Å². The first kappa shape index (κ1) is 46.5. The number of benzene rings is 2. The fourth-order valence-electron chi connectivity index (χ4n) is 6.23. The zero-order valence-corrected chi connectivity index (χ0v) is 38.4. The van der Waals surface area contributed by atoms with E-state index in [-0.39, 0.29) is 52.6 Å². The number of hydrogen-bond acceptors (Lipinski definition) is 7. The van der Waals surface area contributed by atoms with Gasteiger partial charge in [0.1, 0.15) is 0 Å². The molecule has 7 nitrogen and oxygen atoms in total. The zero-order chi connectivity index (χ0) is 39.8. The minimum absolute atomic E-state index is 0. The Morgan fingerprint density at radius 2 is 0.889 bits per heavy atom. The van der Waals surface area contributed by atoms with Crippen molar-refractivity contribution >= 4 is 0 Å². The molecule has 2 heterocycles. The van der Waals surface area contributed by atoms with Gasteiger partial charge in [0.25, 0.3) is 0 Å². The molecule has 0 radical (unpaired) electrons. The summed E-state index contributed by atoms with van der Waals surface area (Å²) in [6.07, 6.45) is 3.64. The molecule has 54 heavy (non-hydrogen) atoms. The molecular weight excluding hydrogens is 720 g/mol. The minimum atomic E-state index is -0.276. The summed E-state index contributed by atoms with van der Waals surface area (Å²) in [7, 11) is 0. The Bertz CT molecular complexity index is 1680. The monoisotopic (exact) mass is 781 g/mol. The van der Waals surface area contributed by atoms with E-state index < -0.39 is 0 Å². The second-order valence-electron chi connectivity index (χ2n) is 18.3. The molecule has 4 rings (SSSR count). The van der Waals surface area contributed by atoms with Crippen molar-refractivity contribution in [1.82, 2.24) is 19.8 Å². The average Bonchev–Trinajstić information content (AvgIpc) is 3.04. The first-order chi connectivity index (χ1) is 24.5. The molecule has 0 aliphatic carbocycles. The van der Waals surface area contributed by atoms with E-state index in [2.05, 4.69) is 127 Å². The average molecular weight is 783 g/mol. The summed E-state index contributed by atoms with van der Waals surface area (Å²) in [6, 6.07) is 22.2. The summed E-state index contributed by atoms with van der Waals surface area (Å²) in [5, 5.41) is 35.5. The van der Waals surface area contributed by atoms with Gasteiger partial charge >= 0.3 is 19.5 Å². The molecule has 0 bridgehead atoms. The van der Waals surface area contributed by atoms with E-state index in [1.165, 1.54) is 18.1 Å². The second kappa shape index (κ2) is 19.3. The van der Waals surface area contributed by atoms with Crippen molar-refractivity contribution < 1.29 is 29.7 Å². The van der Waals surface area contributed by atoms with Gasteiger partial charge in [0, 0.05) is 58.6 Å². The maximum Gasteiger partial charge on any atom is 2.00 e. The topological polar surface area (TPSA) is 102 Å². The van der Waals surface area contributed by atoms with Crippen molar-refractivity contribution in [2.75, 3.05) is 13.1 Å². The summed E-state index contributed by atoms with van der Waals surface area (Å²) in [5.41, 5.74) is 6.82. The number of rotatable bonds is 11. The van der Waals surface area contributed by atoms with E-state index in [0.29, 0.717) is 39.3 Å². The largest absolute Gasteiger partial charge is 2.00 e. The maximum atomic E-state index is 14.1. The van der Waals surface area contributed by atoms with Crippen LogP contribution in [0.4, 0.5) is 0 Å². The van der Waals surface area contributed by atoms with Crippen molar-refractivity contribution in [3.8, 4) is 17.6 Å². The number of pyridine rings is 2. The van der Waals surface area contributed by atoms with Crippen molar-refractivity contribution in [3.05, 3.63) is 118 Å². The summed E-state index contributed by atoms with van der Waals surface area (Å²) in [6.45, 7) is 30.9. The first-order valence-corrected chi connectivity index (χ1v) is 18.8. The van der Waals surface area contributed by atoms with Crippen molar-refractivity contribution in [2.24, 2.45) is 0 Å². The molecule has 8 heteroatoms. The van der Waals surface area contributed by atoms with Crippen LogP contribution in [-0.2, 0) is 67.3 Å². The van der Waals surface area contributed by atoms with Crippen LogP contribution in [0.5, 0.6) is 11.5 Å². The molecule has 0 saturated heterocycles. The number of nitrogens with zero attached hydrogens (tertiary/aromatic N) is 5. The van der Waals surface area contributed by atoms with Crippen LogP contribution in [-0.4, -0.2) is 32.9 Å². The Labute approximate surface area is 339 Å². The predicted octanol–water partition coefficient (Wildman–Crippen LogP) is 9.05. The van der Waals surface area contributed by atoms with Crippen LogP contribution >= 0.6 is 0 Å². The molecule has 0 fully saturated rings. The number of aromatic nitrogens is 2. The summed E-state index contributed by atoms with van der Waals surface area (Å²) in [5.74, 6) is 0.234. The Kier molecular flexibility index (Phi) is 16.6. The normalized spacial score (nSPS) is 12.2. The van der Waals surface area contributed by atoms with Crippen LogP contribution in [0.25, 0.3) is 0 Å². The molecule has 4 aromatic rings. The van der Waals surface area contributed by atoms with Gasteiger partial charge in [-0.05, 0) is 79.3 Å². The van der Waals surface area contributed by atoms with Gasteiger partial charge in [-0.1, -0.05) is 119 Å². The SMILES string of the molecule is CC#N.CC(C)(C)c1cc(CN(CCN(Cc2ccccn2)Cc2cc(C(C)(C)C)cc(C(C)(C)C)c2[O-])Cc2ccccn2)c([O-])c(C(C)(C)C)c1.[Zn+2]. The number of hydrogen-bond donors (Lipinski definition) is 0. The number of nitriles is 1. The second-order valence-corrected chi connectivity index (χ2v) is 18.3. The molecule has 0 N–H and O–H groups in total. The van der Waals surface area contributed by atoms with E-state index in [1.807, 2.05) is 48.8 Å². The van der Waals surface area contributed by atoms with E-state index in [0.717, 1.165) is 33.6 Å². The molecule has 2 aromatic carbocycles. The Morgan fingerprint density at radius 1 is 0.556 bits per heavy atom. The van der Waals surface area contributed by atoms with Gasteiger partial charge in [-0.15, -0.1) is 11.5 Å². The van der Waals surface area contributed by atoms with Gasteiger partial charge in [-0.2, -0.15) is 5.26 Å². The standard InChI is InChI=1S/C44H62N4O2.C2H3N.Zn/c1-41(2,3)33-23-31(39(49)37(25-33)43(7,8)9)27-47(29-35-17-13-15-19-45-35)21-22-48(30-36-18-14-16-20-46-36)28-32-24-34(42(4,5)6)26-38(40(32)50)44(10,11)12;1-2-3;/h13-20,23-26,49-50H,21-22,27-30H2,1-12H3;1H3;/q;;+2/p-2. The summed E-state index contributed by atoms with van der Waals surface area (Å²) in [4.78, 5) is 14.0. The predicted molar refractivity (Wildman–Crippen MR) is 215 cm³/mol. The van der Waals surface area contributed by atoms with Gasteiger partial charge in [0.05, 0.1) is 17.5 Å². The molecule has 0 amide bonds. The molecule has 2 aromatic heterocycles. The Balaban J connectivity index is 0.00000244. The van der Waals surface area contributed by atoms with E-state index in [4.69, 9.17) is 5.26 Å². The van der Waals surface area contributed by atoms with Crippen molar-refractivity contribution in [2.45, 2.75) is 138 Å². The van der Waals surface area contributed by atoms with Crippen LogP contribution in [0, 0.1) is 11.3 Å². The van der Waals surface area contributed by atoms with Gasteiger partial charge < -0.3 is 10.2 Å². The summed E-state index contributed by atoms with van der Waals surface area (Å²) >= 11 is 0. The Morgan fingerprint density at radius 3 is 1.15 bits per heavy atom. The molecule has 0 spiro atoms. The van der Waals surface area contributed by atoms with Gasteiger partial charge in [0.2, 0.25) is 0 Å². The Hall–Kier alpha value is -3.63. The van der Waals surface area contributed by atoms with E-state index in [1.54, 1.807) is 6.07 Å². The van der Waals surface area contributed by atoms with Gasteiger partial charge in [-0.25, -0.2) is 0 Å². The molecule has 0 saturated carbocycles. The smallest absolute Gasteiger partial charge is 0.872 e. The molecule has 286 valence electrons. The molecule has 0 aliphatic heterocycles. The molecule has 0 atom stereocenters. The third kappa shape index (κ3) is 13.6. The molecular formula is C46H63N5O2Zn. The third-order valence-corrected chi connectivity index (χ3v) is 9.42. The quantitative estimate of drug-likeness (QED) is 0.140. The van der Waals surface area contributed by atoms with Crippen molar-refractivity contribution in [3.63, 3.8) is 0 Å². The molecule has 0 unspecified atom stereocenters.